The molecule has 0 aliphatic rings. The van der Waals surface area contributed by atoms with Gasteiger partial charge >= 0.3 is 0 Å². The summed E-state index contributed by atoms with van der Waals surface area (Å²) >= 11 is 0. The zero-order valence-electron chi connectivity index (χ0n) is 20.8. The van der Waals surface area contributed by atoms with E-state index >= 15 is 0 Å². The van der Waals surface area contributed by atoms with Crippen molar-refractivity contribution in [1.82, 2.24) is 0 Å². The summed E-state index contributed by atoms with van der Waals surface area (Å²) in [5.74, 6) is 0. The molecule has 7 rings (SSSR count). The van der Waals surface area contributed by atoms with Crippen LogP contribution in [0.25, 0.3) is 43.4 Å². The lowest BCUT2D eigenvalue weighted by Crippen LogP contribution is -2.24. The maximum atomic E-state index is 14.8. The van der Waals surface area contributed by atoms with Crippen molar-refractivity contribution in [1.29, 1.82) is 0 Å². The second-order valence-corrected chi connectivity index (χ2v) is 12.5. The van der Waals surface area contributed by atoms with Crippen molar-refractivity contribution in [3.63, 3.8) is 0 Å². The Kier molecular flexibility index (Phi) is 5.46. The highest BCUT2D eigenvalue weighted by atomic mass is 31.2. The summed E-state index contributed by atoms with van der Waals surface area (Å²) in [6, 6.07) is 52.1. The number of benzene rings is 7. The highest BCUT2D eigenvalue weighted by Crippen LogP contribution is 2.43. The molecule has 38 heavy (non-hydrogen) atoms. The summed E-state index contributed by atoms with van der Waals surface area (Å²) in [4.78, 5) is 0. The van der Waals surface area contributed by atoms with Crippen molar-refractivity contribution in [2.45, 2.75) is 0 Å². The number of hydrogen-bond donors (Lipinski definition) is 0. The van der Waals surface area contributed by atoms with Gasteiger partial charge in [0.2, 0.25) is 0 Å². The van der Waals surface area contributed by atoms with Gasteiger partial charge in [-0.25, -0.2) is 0 Å². The van der Waals surface area contributed by atoms with Gasteiger partial charge in [-0.1, -0.05) is 133 Å². The zero-order valence-corrected chi connectivity index (χ0v) is 21.7. The fourth-order valence-electron chi connectivity index (χ4n) is 5.61. The molecule has 0 saturated carbocycles. The van der Waals surface area contributed by atoms with Crippen molar-refractivity contribution >= 4 is 55.4 Å². The van der Waals surface area contributed by atoms with Crippen LogP contribution in [0.3, 0.4) is 0 Å². The lowest BCUT2D eigenvalue weighted by Gasteiger charge is -2.20. The van der Waals surface area contributed by atoms with Gasteiger partial charge in [-0.3, -0.25) is 0 Å². The molecule has 0 aromatic heterocycles. The van der Waals surface area contributed by atoms with E-state index in [9.17, 15) is 4.57 Å². The molecule has 0 atom stereocenters. The Morgan fingerprint density at radius 3 is 1.63 bits per heavy atom. The lowest BCUT2D eigenvalue weighted by atomic mass is 9.92. The molecule has 180 valence electrons. The molecular weight excluding hydrogens is 479 g/mol. The van der Waals surface area contributed by atoms with E-state index in [0.717, 1.165) is 26.7 Å². The molecule has 0 fully saturated rings. The molecule has 0 N–H and O–H groups in total. The molecule has 0 unspecified atom stereocenters. The molecule has 0 saturated heterocycles. The third-order valence-corrected chi connectivity index (χ3v) is 10.6. The van der Waals surface area contributed by atoms with E-state index in [1.807, 2.05) is 66.7 Å². The maximum Gasteiger partial charge on any atom is 0.171 e. The van der Waals surface area contributed by atoms with Crippen molar-refractivity contribution < 1.29 is 4.57 Å². The molecular formula is C36H25OP. The Balaban J connectivity index is 1.40. The average molecular weight is 505 g/mol. The average Bonchev–Trinajstić information content (AvgIpc) is 3.00. The molecule has 2 heteroatoms. The third kappa shape index (κ3) is 3.67. The van der Waals surface area contributed by atoms with Gasteiger partial charge in [-0.15, -0.1) is 0 Å². The summed E-state index contributed by atoms with van der Waals surface area (Å²) in [5.41, 5.74) is 2.41. The van der Waals surface area contributed by atoms with E-state index in [1.165, 1.54) is 32.7 Å². The second-order valence-electron chi connectivity index (χ2n) is 9.72. The van der Waals surface area contributed by atoms with Gasteiger partial charge in [0.15, 0.2) is 7.14 Å². The summed E-state index contributed by atoms with van der Waals surface area (Å²) < 4.78 is 14.8. The van der Waals surface area contributed by atoms with E-state index in [2.05, 4.69) is 84.9 Å². The minimum atomic E-state index is -3.01. The zero-order chi connectivity index (χ0) is 25.5. The van der Waals surface area contributed by atoms with Gasteiger partial charge in [0.05, 0.1) is 0 Å². The van der Waals surface area contributed by atoms with E-state index < -0.39 is 7.14 Å². The SMILES string of the molecule is O=P(c1ccccc1)(c1ccccc1)c1ccc2cc(-c3cc4ccccc4c4ccccc34)ccc2c1. The largest absolute Gasteiger partial charge is 0.309 e. The number of fused-ring (bicyclic) bond motifs is 4. The molecule has 0 spiro atoms. The Morgan fingerprint density at radius 1 is 0.368 bits per heavy atom. The quantitative estimate of drug-likeness (QED) is 0.174. The first-order chi connectivity index (χ1) is 18.7. The van der Waals surface area contributed by atoms with E-state index in [4.69, 9.17) is 0 Å². The monoisotopic (exact) mass is 504 g/mol. The first-order valence-electron chi connectivity index (χ1n) is 12.9. The fraction of sp³-hybridized carbons (Fsp3) is 0. The Bertz CT molecular complexity index is 1950. The van der Waals surface area contributed by atoms with Crippen LogP contribution in [0.2, 0.25) is 0 Å². The van der Waals surface area contributed by atoms with Gasteiger partial charge in [0, 0.05) is 15.9 Å². The standard InChI is InChI=1S/C36H25OP/c37-38(30-12-3-1-4-13-30,31-14-5-2-6-15-31)32-22-21-26-23-29(20-19-27(26)24-32)36-25-28-11-7-8-16-33(28)34-17-9-10-18-35(34)36/h1-25H. The van der Waals surface area contributed by atoms with E-state index in [1.54, 1.807) is 0 Å². The summed E-state index contributed by atoms with van der Waals surface area (Å²) in [5, 5.41) is 9.81. The number of hydrogen-bond acceptors (Lipinski definition) is 1. The van der Waals surface area contributed by atoms with Gasteiger partial charge < -0.3 is 4.57 Å². The Hall–Kier alpha value is -4.45. The van der Waals surface area contributed by atoms with Crippen LogP contribution < -0.4 is 15.9 Å². The molecule has 0 aliphatic carbocycles. The summed E-state index contributed by atoms with van der Waals surface area (Å²) in [6.45, 7) is 0. The van der Waals surface area contributed by atoms with Crippen LogP contribution >= 0.6 is 7.14 Å². The topological polar surface area (TPSA) is 17.1 Å². The molecule has 7 aromatic carbocycles. The van der Waals surface area contributed by atoms with Crippen LogP contribution in [0.4, 0.5) is 0 Å². The van der Waals surface area contributed by atoms with E-state index in [0.29, 0.717) is 0 Å². The lowest BCUT2D eigenvalue weighted by molar-refractivity contribution is 0.592. The van der Waals surface area contributed by atoms with Crippen LogP contribution in [0.5, 0.6) is 0 Å². The van der Waals surface area contributed by atoms with Crippen molar-refractivity contribution in [2.24, 2.45) is 0 Å². The van der Waals surface area contributed by atoms with Crippen molar-refractivity contribution in [2.75, 3.05) is 0 Å². The fourth-order valence-corrected chi connectivity index (χ4v) is 8.30. The molecule has 0 aliphatic heterocycles. The minimum absolute atomic E-state index is 0.852. The predicted octanol–water partition coefficient (Wildman–Crippen LogP) is 8.45. The summed E-state index contributed by atoms with van der Waals surface area (Å²) in [7, 11) is -3.01. The maximum absolute atomic E-state index is 14.8. The van der Waals surface area contributed by atoms with Crippen LogP contribution in [0.1, 0.15) is 0 Å². The normalized spacial score (nSPS) is 11.8. The summed E-state index contributed by atoms with van der Waals surface area (Å²) in [6.07, 6.45) is 0. The van der Waals surface area contributed by atoms with E-state index in [-0.39, 0.29) is 0 Å². The Morgan fingerprint density at radius 2 is 0.921 bits per heavy atom. The first-order valence-corrected chi connectivity index (χ1v) is 14.6. The molecule has 0 amide bonds. The van der Waals surface area contributed by atoms with Crippen LogP contribution in [-0.4, -0.2) is 0 Å². The molecule has 0 bridgehead atoms. The van der Waals surface area contributed by atoms with Crippen LogP contribution in [0.15, 0.2) is 152 Å². The molecule has 1 nitrogen and oxygen atoms in total. The van der Waals surface area contributed by atoms with Gasteiger partial charge in [0.1, 0.15) is 0 Å². The van der Waals surface area contributed by atoms with Crippen LogP contribution in [0, 0.1) is 0 Å². The number of rotatable bonds is 4. The minimum Gasteiger partial charge on any atom is -0.309 e. The smallest absolute Gasteiger partial charge is 0.171 e. The van der Waals surface area contributed by atoms with Crippen LogP contribution in [-0.2, 0) is 4.57 Å². The third-order valence-electron chi connectivity index (χ3n) is 7.51. The molecule has 0 heterocycles. The van der Waals surface area contributed by atoms with Gasteiger partial charge in [0.25, 0.3) is 0 Å². The Labute approximate surface area is 222 Å². The highest BCUT2D eigenvalue weighted by Gasteiger charge is 2.29. The second kappa shape index (κ2) is 9.14. The first kappa shape index (κ1) is 22.7. The van der Waals surface area contributed by atoms with Gasteiger partial charge in [-0.05, 0) is 61.6 Å². The van der Waals surface area contributed by atoms with Crippen molar-refractivity contribution in [3.8, 4) is 11.1 Å². The predicted molar refractivity (Wildman–Crippen MR) is 164 cm³/mol. The molecule has 0 radical (unpaired) electrons. The van der Waals surface area contributed by atoms with Crippen molar-refractivity contribution in [3.05, 3.63) is 152 Å². The van der Waals surface area contributed by atoms with Gasteiger partial charge in [-0.2, -0.15) is 0 Å². The highest BCUT2D eigenvalue weighted by molar-refractivity contribution is 7.85. The molecule has 7 aromatic rings.